The molecule has 0 unspecified atom stereocenters. The Morgan fingerprint density at radius 1 is 1.31 bits per heavy atom. The first-order chi connectivity index (χ1) is 7.37. The molecule has 0 spiro atoms. The standard InChI is InChI=1S/C13H30N2O/c1-7-16-9-8-15(6)11-13(4,5)10-14-12(2)3/h12,14H,7-11H2,1-6H3. The van der Waals surface area contributed by atoms with Crippen LogP contribution in [0.15, 0.2) is 0 Å². The molecule has 0 rings (SSSR count). The molecule has 3 heteroatoms. The molecule has 0 radical (unpaired) electrons. The topological polar surface area (TPSA) is 24.5 Å². The average molecular weight is 230 g/mol. The van der Waals surface area contributed by atoms with Crippen LogP contribution >= 0.6 is 0 Å². The maximum absolute atomic E-state index is 5.36. The molecule has 0 aromatic heterocycles. The molecular weight excluding hydrogens is 200 g/mol. The lowest BCUT2D eigenvalue weighted by atomic mass is 9.92. The summed E-state index contributed by atoms with van der Waals surface area (Å²) >= 11 is 0. The molecule has 98 valence electrons. The summed E-state index contributed by atoms with van der Waals surface area (Å²) in [5.41, 5.74) is 0.311. The minimum atomic E-state index is 0.311. The number of nitrogens with one attached hydrogen (secondary N) is 1. The molecule has 0 aliphatic heterocycles. The Kier molecular flexibility index (Phi) is 7.98. The third-order valence-corrected chi connectivity index (χ3v) is 2.51. The number of rotatable bonds is 9. The lowest BCUT2D eigenvalue weighted by Gasteiger charge is -2.31. The number of nitrogens with zero attached hydrogens (tertiary/aromatic N) is 1. The van der Waals surface area contributed by atoms with E-state index in [2.05, 4.69) is 45.0 Å². The van der Waals surface area contributed by atoms with Crippen molar-refractivity contribution in [2.75, 3.05) is 39.9 Å². The average Bonchev–Trinajstić information content (AvgIpc) is 2.15. The second-order valence-electron chi connectivity index (χ2n) is 5.63. The second kappa shape index (κ2) is 8.04. The minimum Gasteiger partial charge on any atom is -0.380 e. The van der Waals surface area contributed by atoms with Crippen LogP contribution in [0, 0.1) is 5.41 Å². The van der Waals surface area contributed by atoms with E-state index in [4.69, 9.17) is 4.74 Å². The van der Waals surface area contributed by atoms with Crippen molar-refractivity contribution < 1.29 is 4.74 Å². The molecule has 0 aliphatic rings. The molecule has 0 saturated heterocycles. The van der Waals surface area contributed by atoms with E-state index in [1.807, 2.05) is 6.92 Å². The molecule has 0 aromatic carbocycles. The molecule has 0 fully saturated rings. The summed E-state index contributed by atoms with van der Waals surface area (Å²) in [5, 5.41) is 3.50. The zero-order valence-corrected chi connectivity index (χ0v) is 12.0. The first-order valence-electron chi connectivity index (χ1n) is 6.37. The van der Waals surface area contributed by atoms with Gasteiger partial charge < -0.3 is 15.0 Å². The van der Waals surface area contributed by atoms with Crippen LogP contribution in [-0.4, -0.2) is 50.8 Å². The SMILES string of the molecule is CCOCCN(C)CC(C)(C)CNC(C)C. The Morgan fingerprint density at radius 3 is 2.44 bits per heavy atom. The molecule has 0 aromatic rings. The summed E-state index contributed by atoms with van der Waals surface area (Å²) in [6.07, 6.45) is 0. The molecule has 1 N–H and O–H groups in total. The van der Waals surface area contributed by atoms with E-state index in [0.717, 1.165) is 32.8 Å². The number of likely N-dealkylation sites (N-methyl/N-ethyl adjacent to an activating group) is 1. The van der Waals surface area contributed by atoms with E-state index in [0.29, 0.717) is 11.5 Å². The maximum Gasteiger partial charge on any atom is 0.0593 e. The van der Waals surface area contributed by atoms with Crippen molar-refractivity contribution in [2.24, 2.45) is 5.41 Å². The molecule has 0 atom stereocenters. The fourth-order valence-corrected chi connectivity index (χ4v) is 1.71. The lowest BCUT2D eigenvalue weighted by Crippen LogP contribution is -2.41. The maximum atomic E-state index is 5.36. The molecular formula is C13H30N2O. The van der Waals surface area contributed by atoms with Gasteiger partial charge in [0.05, 0.1) is 6.61 Å². The van der Waals surface area contributed by atoms with Crippen LogP contribution in [0.3, 0.4) is 0 Å². The van der Waals surface area contributed by atoms with Gasteiger partial charge in [-0.3, -0.25) is 0 Å². The fourth-order valence-electron chi connectivity index (χ4n) is 1.71. The smallest absolute Gasteiger partial charge is 0.0593 e. The molecule has 0 amide bonds. The van der Waals surface area contributed by atoms with Crippen molar-refractivity contribution in [3.8, 4) is 0 Å². The van der Waals surface area contributed by atoms with Crippen LogP contribution in [-0.2, 0) is 4.74 Å². The summed E-state index contributed by atoms with van der Waals surface area (Å²) in [6.45, 7) is 15.8. The normalized spacial score (nSPS) is 12.8. The van der Waals surface area contributed by atoms with Gasteiger partial charge in [-0.15, -0.1) is 0 Å². The monoisotopic (exact) mass is 230 g/mol. The third-order valence-electron chi connectivity index (χ3n) is 2.51. The Morgan fingerprint density at radius 2 is 1.94 bits per heavy atom. The highest BCUT2D eigenvalue weighted by molar-refractivity contribution is 4.76. The summed E-state index contributed by atoms with van der Waals surface area (Å²) in [5.74, 6) is 0. The van der Waals surface area contributed by atoms with E-state index < -0.39 is 0 Å². The first-order valence-corrected chi connectivity index (χ1v) is 6.37. The predicted molar refractivity (Wildman–Crippen MR) is 70.9 cm³/mol. The Labute approximate surface area is 102 Å². The van der Waals surface area contributed by atoms with Gasteiger partial charge in [0.1, 0.15) is 0 Å². The van der Waals surface area contributed by atoms with Gasteiger partial charge in [0, 0.05) is 32.3 Å². The van der Waals surface area contributed by atoms with Crippen LogP contribution in [0.4, 0.5) is 0 Å². The number of ether oxygens (including phenoxy) is 1. The summed E-state index contributed by atoms with van der Waals surface area (Å²) in [6, 6.07) is 0.563. The largest absolute Gasteiger partial charge is 0.380 e. The molecule has 0 bridgehead atoms. The highest BCUT2D eigenvalue weighted by Crippen LogP contribution is 2.15. The van der Waals surface area contributed by atoms with E-state index in [1.54, 1.807) is 0 Å². The summed E-state index contributed by atoms with van der Waals surface area (Å²) in [4.78, 5) is 2.34. The first kappa shape index (κ1) is 15.9. The van der Waals surface area contributed by atoms with Crippen LogP contribution < -0.4 is 5.32 Å². The number of hydrogen-bond acceptors (Lipinski definition) is 3. The van der Waals surface area contributed by atoms with E-state index in [1.165, 1.54) is 0 Å². The van der Waals surface area contributed by atoms with Crippen LogP contribution in [0.1, 0.15) is 34.6 Å². The van der Waals surface area contributed by atoms with Crippen molar-refractivity contribution in [3.05, 3.63) is 0 Å². The van der Waals surface area contributed by atoms with Gasteiger partial charge in [0.2, 0.25) is 0 Å². The Hall–Kier alpha value is -0.120. The van der Waals surface area contributed by atoms with E-state index in [9.17, 15) is 0 Å². The Balaban J connectivity index is 3.76. The summed E-state index contributed by atoms with van der Waals surface area (Å²) < 4.78 is 5.36. The van der Waals surface area contributed by atoms with Gasteiger partial charge in [-0.2, -0.15) is 0 Å². The third kappa shape index (κ3) is 9.13. The fraction of sp³-hybridized carbons (Fsp3) is 1.00. The van der Waals surface area contributed by atoms with Crippen LogP contribution in [0.25, 0.3) is 0 Å². The van der Waals surface area contributed by atoms with Gasteiger partial charge in [-0.1, -0.05) is 27.7 Å². The van der Waals surface area contributed by atoms with Gasteiger partial charge in [-0.25, -0.2) is 0 Å². The minimum absolute atomic E-state index is 0.311. The lowest BCUT2D eigenvalue weighted by molar-refractivity contribution is 0.106. The molecule has 16 heavy (non-hydrogen) atoms. The van der Waals surface area contributed by atoms with Crippen molar-refractivity contribution >= 4 is 0 Å². The van der Waals surface area contributed by atoms with Gasteiger partial charge in [-0.05, 0) is 19.4 Å². The molecule has 0 saturated carbocycles. The molecule has 0 aliphatic carbocycles. The van der Waals surface area contributed by atoms with Crippen molar-refractivity contribution in [3.63, 3.8) is 0 Å². The van der Waals surface area contributed by atoms with Crippen LogP contribution in [0.2, 0.25) is 0 Å². The zero-order valence-electron chi connectivity index (χ0n) is 12.0. The zero-order chi connectivity index (χ0) is 12.6. The highest BCUT2D eigenvalue weighted by Gasteiger charge is 2.19. The molecule has 3 nitrogen and oxygen atoms in total. The van der Waals surface area contributed by atoms with Gasteiger partial charge >= 0.3 is 0 Å². The van der Waals surface area contributed by atoms with Crippen LogP contribution in [0.5, 0.6) is 0 Å². The predicted octanol–water partition coefficient (Wildman–Crippen LogP) is 1.98. The van der Waals surface area contributed by atoms with E-state index in [-0.39, 0.29) is 0 Å². The van der Waals surface area contributed by atoms with Gasteiger partial charge in [0.15, 0.2) is 0 Å². The number of hydrogen-bond donors (Lipinski definition) is 1. The van der Waals surface area contributed by atoms with E-state index >= 15 is 0 Å². The van der Waals surface area contributed by atoms with Crippen molar-refractivity contribution in [1.82, 2.24) is 10.2 Å². The van der Waals surface area contributed by atoms with Crippen molar-refractivity contribution in [2.45, 2.75) is 40.7 Å². The molecule has 0 heterocycles. The quantitative estimate of drug-likeness (QED) is 0.613. The summed E-state index contributed by atoms with van der Waals surface area (Å²) in [7, 11) is 2.16. The highest BCUT2D eigenvalue weighted by atomic mass is 16.5. The van der Waals surface area contributed by atoms with Crippen molar-refractivity contribution in [1.29, 1.82) is 0 Å². The van der Waals surface area contributed by atoms with Gasteiger partial charge in [0.25, 0.3) is 0 Å². The second-order valence-corrected chi connectivity index (χ2v) is 5.63. The Bertz CT molecular complexity index is 169.